The fourth-order valence-electron chi connectivity index (χ4n) is 9.01. The van der Waals surface area contributed by atoms with E-state index in [0.717, 1.165) is 61.1 Å². The van der Waals surface area contributed by atoms with Gasteiger partial charge in [0.05, 0.1) is 0 Å². The highest BCUT2D eigenvalue weighted by molar-refractivity contribution is 6.25. The van der Waals surface area contributed by atoms with E-state index in [-0.39, 0.29) is 0 Å². The quantitative estimate of drug-likeness (QED) is 0.158. The van der Waals surface area contributed by atoms with E-state index in [1.807, 2.05) is 12.1 Å². The van der Waals surface area contributed by atoms with Gasteiger partial charge in [-0.15, -0.1) is 0 Å². The van der Waals surface area contributed by atoms with Crippen LogP contribution in [0.15, 0.2) is 223 Å². The second kappa shape index (κ2) is 14.3. The lowest BCUT2D eigenvalue weighted by atomic mass is 9.91. The molecule has 0 radical (unpaired) electrons. The first-order valence-electron chi connectivity index (χ1n) is 20.7. The number of hydrogen-bond acceptors (Lipinski definition) is 3. The van der Waals surface area contributed by atoms with Gasteiger partial charge in [-0.05, 0) is 101 Å². The highest BCUT2D eigenvalue weighted by Crippen LogP contribution is 2.40. The van der Waals surface area contributed by atoms with Crippen LogP contribution in [-0.4, -0.2) is 9.97 Å². The monoisotopic (exact) mass is 776 g/mol. The molecule has 0 unspecified atom stereocenters. The van der Waals surface area contributed by atoms with Gasteiger partial charge in [-0.2, -0.15) is 0 Å². The average Bonchev–Trinajstić information content (AvgIpc) is 3.72. The summed E-state index contributed by atoms with van der Waals surface area (Å²) in [6.45, 7) is 0. The van der Waals surface area contributed by atoms with Crippen LogP contribution in [-0.2, 0) is 0 Å². The van der Waals surface area contributed by atoms with Crippen molar-refractivity contribution < 1.29 is 4.42 Å². The first kappa shape index (κ1) is 34.9. The zero-order chi connectivity index (χ0) is 40.3. The SMILES string of the molecule is c1ccc(-c2ccc(-c3nc(-c4ccc(-c5ccccc5)cc4)c4oc5cc(-c6cccc(-c7ccc8c9ccccc9c9ccccc9c8c7)c6)ccc5c4n3)cc2)cc1. The Morgan fingerprint density at radius 3 is 1.26 bits per heavy atom. The van der Waals surface area contributed by atoms with Gasteiger partial charge in [0.2, 0.25) is 0 Å². The van der Waals surface area contributed by atoms with Crippen molar-refractivity contribution in [2.24, 2.45) is 0 Å². The molecule has 12 aromatic rings. The molecule has 12 rings (SSSR count). The maximum atomic E-state index is 6.80. The molecular weight excluding hydrogens is 741 g/mol. The van der Waals surface area contributed by atoms with Crippen LogP contribution in [0.5, 0.6) is 0 Å². The number of hydrogen-bond donors (Lipinski definition) is 0. The molecule has 0 fully saturated rings. The molecule has 0 aliphatic carbocycles. The molecule has 0 atom stereocenters. The maximum Gasteiger partial charge on any atom is 0.180 e. The molecule has 2 aromatic heterocycles. The lowest BCUT2D eigenvalue weighted by molar-refractivity contribution is 0.667. The van der Waals surface area contributed by atoms with Crippen molar-refractivity contribution in [3.8, 4) is 67.2 Å². The number of furan rings is 1. The summed E-state index contributed by atoms with van der Waals surface area (Å²) in [7, 11) is 0. The fourth-order valence-corrected chi connectivity index (χ4v) is 9.01. The third kappa shape index (κ3) is 6.06. The van der Waals surface area contributed by atoms with E-state index in [0.29, 0.717) is 11.4 Å². The molecule has 0 amide bonds. The second-order valence-corrected chi connectivity index (χ2v) is 15.7. The van der Waals surface area contributed by atoms with Crippen molar-refractivity contribution in [3.05, 3.63) is 218 Å². The Bertz CT molecular complexity index is 3570. The summed E-state index contributed by atoms with van der Waals surface area (Å²) in [5.41, 5.74) is 14.1. The lowest BCUT2D eigenvalue weighted by Gasteiger charge is -2.12. The fraction of sp³-hybridized carbons (Fsp3) is 0. The molecular formula is C58H36N2O. The molecule has 3 heteroatoms. The molecule has 0 spiro atoms. The van der Waals surface area contributed by atoms with Gasteiger partial charge in [0.25, 0.3) is 0 Å². The molecule has 0 N–H and O–H groups in total. The number of fused-ring (bicyclic) bond motifs is 9. The molecule has 10 aromatic carbocycles. The maximum absolute atomic E-state index is 6.80. The Kier molecular flexibility index (Phi) is 8.17. The van der Waals surface area contributed by atoms with Crippen LogP contribution in [0.1, 0.15) is 0 Å². The number of aromatic nitrogens is 2. The summed E-state index contributed by atoms with van der Waals surface area (Å²) in [5, 5.41) is 8.60. The normalized spacial score (nSPS) is 11.6. The standard InChI is InChI=1S/C58H36N2O/c1-3-12-37(13-4-1)39-22-26-41(27-23-39)55-57-56(60-58(59-55)42-28-24-40(25-29-42)38-14-5-2-6-15-38)52-33-31-46(36-54(52)61-57)44-17-11-16-43(34-44)45-30-32-51-49-20-8-7-18-47(49)48-19-9-10-21-50(48)53(51)35-45/h1-36H. The number of rotatable bonds is 6. The highest BCUT2D eigenvalue weighted by Gasteiger charge is 2.20. The molecule has 0 aliphatic rings. The van der Waals surface area contributed by atoms with Crippen molar-refractivity contribution in [1.82, 2.24) is 9.97 Å². The summed E-state index contributed by atoms with van der Waals surface area (Å²) in [4.78, 5) is 10.4. The average molecular weight is 777 g/mol. The van der Waals surface area contributed by atoms with Gasteiger partial charge < -0.3 is 4.42 Å². The Labute approximate surface area is 352 Å². The summed E-state index contributed by atoms with van der Waals surface area (Å²) in [5.74, 6) is 0.657. The second-order valence-electron chi connectivity index (χ2n) is 15.7. The van der Waals surface area contributed by atoms with E-state index in [1.165, 1.54) is 49.0 Å². The smallest absolute Gasteiger partial charge is 0.180 e. The Morgan fingerprint density at radius 1 is 0.262 bits per heavy atom. The first-order valence-corrected chi connectivity index (χ1v) is 20.7. The van der Waals surface area contributed by atoms with Crippen LogP contribution in [0.4, 0.5) is 0 Å². The molecule has 0 aliphatic heterocycles. The van der Waals surface area contributed by atoms with Crippen molar-refractivity contribution in [2.75, 3.05) is 0 Å². The van der Waals surface area contributed by atoms with Crippen LogP contribution >= 0.6 is 0 Å². The van der Waals surface area contributed by atoms with Gasteiger partial charge in [-0.3, -0.25) is 0 Å². The Morgan fingerprint density at radius 2 is 0.672 bits per heavy atom. The summed E-state index contributed by atoms with van der Waals surface area (Å²) < 4.78 is 6.80. The summed E-state index contributed by atoms with van der Waals surface area (Å²) in [6.07, 6.45) is 0. The zero-order valence-electron chi connectivity index (χ0n) is 33.1. The number of nitrogens with zero attached hydrogens (tertiary/aromatic N) is 2. The van der Waals surface area contributed by atoms with Crippen molar-refractivity contribution in [3.63, 3.8) is 0 Å². The minimum Gasteiger partial charge on any atom is -0.452 e. The summed E-state index contributed by atoms with van der Waals surface area (Å²) >= 11 is 0. The van der Waals surface area contributed by atoms with Gasteiger partial charge in [0, 0.05) is 16.5 Å². The van der Waals surface area contributed by atoms with Gasteiger partial charge >= 0.3 is 0 Å². The lowest BCUT2D eigenvalue weighted by Crippen LogP contribution is -1.94. The first-order chi connectivity index (χ1) is 30.2. The van der Waals surface area contributed by atoms with Crippen molar-refractivity contribution in [1.29, 1.82) is 0 Å². The van der Waals surface area contributed by atoms with E-state index >= 15 is 0 Å². The Hall–Kier alpha value is -8.14. The van der Waals surface area contributed by atoms with Gasteiger partial charge in [-0.25, -0.2) is 9.97 Å². The Balaban J connectivity index is 0.965. The third-order valence-corrected chi connectivity index (χ3v) is 12.1. The van der Waals surface area contributed by atoms with Crippen LogP contribution in [0.3, 0.4) is 0 Å². The molecule has 284 valence electrons. The van der Waals surface area contributed by atoms with Crippen LogP contribution in [0.2, 0.25) is 0 Å². The van der Waals surface area contributed by atoms with Crippen molar-refractivity contribution >= 4 is 54.4 Å². The summed E-state index contributed by atoms with van der Waals surface area (Å²) in [6, 6.07) is 77.6. The molecule has 2 heterocycles. The molecule has 0 saturated heterocycles. The number of benzene rings is 10. The van der Waals surface area contributed by atoms with Gasteiger partial charge in [-0.1, -0.05) is 194 Å². The van der Waals surface area contributed by atoms with E-state index in [9.17, 15) is 0 Å². The van der Waals surface area contributed by atoms with E-state index < -0.39 is 0 Å². The predicted octanol–water partition coefficient (Wildman–Crippen LogP) is 15.8. The molecule has 61 heavy (non-hydrogen) atoms. The van der Waals surface area contributed by atoms with Crippen LogP contribution in [0.25, 0.3) is 122 Å². The predicted molar refractivity (Wildman–Crippen MR) is 254 cm³/mol. The largest absolute Gasteiger partial charge is 0.452 e. The van der Waals surface area contributed by atoms with Crippen molar-refractivity contribution in [2.45, 2.75) is 0 Å². The minimum atomic E-state index is 0.657. The van der Waals surface area contributed by atoms with E-state index in [1.54, 1.807) is 0 Å². The minimum absolute atomic E-state index is 0.657. The third-order valence-electron chi connectivity index (χ3n) is 12.1. The van der Waals surface area contributed by atoms with E-state index in [2.05, 4.69) is 206 Å². The topological polar surface area (TPSA) is 38.9 Å². The molecule has 3 nitrogen and oxygen atoms in total. The molecule has 0 bridgehead atoms. The van der Waals surface area contributed by atoms with Crippen LogP contribution < -0.4 is 0 Å². The molecule has 0 saturated carbocycles. The zero-order valence-corrected chi connectivity index (χ0v) is 33.1. The van der Waals surface area contributed by atoms with Gasteiger partial charge in [0.1, 0.15) is 16.8 Å². The van der Waals surface area contributed by atoms with Crippen LogP contribution in [0, 0.1) is 0 Å². The van der Waals surface area contributed by atoms with E-state index in [4.69, 9.17) is 14.4 Å². The highest BCUT2D eigenvalue weighted by atomic mass is 16.3. The van der Waals surface area contributed by atoms with Gasteiger partial charge in [0.15, 0.2) is 11.4 Å².